The number of aromatic nitrogens is 2. The highest BCUT2D eigenvalue weighted by Crippen LogP contribution is 2.38. The summed E-state index contributed by atoms with van der Waals surface area (Å²) in [4.78, 5) is 21.5. The number of carbonyl (C=O) groups is 1. The standard InChI is InChI=1S/C29H28N2O2S/c1-20-10-12-22(13-11-20)34-19-25-23-8-5-9-26(32)24(23)14-15-27(25)33-28(18-29-30-16-17-31-29)21-6-3-2-4-7-21/h2-4,6-7,10-17,28H,5,8-9,18-19H2,1H3,(H,30,31)/t28-/m0/s1. The maximum absolute atomic E-state index is 12.7. The van der Waals surface area contributed by atoms with Crippen molar-refractivity contribution in [1.82, 2.24) is 9.97 Å². The van der Waals surface area contributed by atoms with Gasteiger partial charge in [-0.2, -0.15) is 0 Å². The molecule has 4 aromatic rings. The van der Waals surface area contributed by atoms with Crippen molar-refractivity contribution >= 4 is 17.5 Å². The van der Waals surface area contributed by atoms with Gasteiger partial charge in [0.05, 0.1) is 0 Å². The number of H-pyrrole nitrogens is 1. The quantitative estimate of drug-likeness (QED) is 0.286. The molecular weight excluding hydrogens is 440 g/mol. The predicted molar refractivity (Wildman–Crippen MR) is 137 cm³/mol. The van der Waals surface area contributed by atoms with Crippen LogP contribution in [0.4, 0.5) is 0 Å². The van der Waals surface area contributed by atoms with E-state index in [4.69, 9.17) is 4.74 Å². The summed E-state index contributed by atoms with van der Waals surface area (Å²) in [6.07, 6.45) is 6.49. The van der Waals surface area contributed by atoms with Crippen LogP contribution < -0.4 is 4.74 Å². The molecule has 3 aromatic carbocycles. The fourth-order valence-electron chi connectivity index (χ4n) is 4.47. The topological polar surface area (TPSA) is 55.0 Å². The Bertz CT molecular complexity index is 1250. The molecule has 5 heteroatoms. The molecule has 0 saturated heterocycles. The Morgan fingerprint density at radius 2 is 1.85 bits per heavy atom. The summed E-state index contributed by atoms with van der Waals surface area (Å²) < 4.78 is 6.73. The van der Waals surface area contributed by atoms with Gasteiger partial charge in [0.25, 0.3) is 0 Å². The monoisotopic (exact) mass is 468 g/mol. The van der Waals surface area contributed by atoms with Crippen molar-refractivity contribution in [3.05, 3.63) is 113 Å². The number of fused-ring (bicyclic) bond motifs is 1. The largest absolute Gasteiger partial charge is 0.485 e. The van der Waals surface area contributed by atoms with Gasteiger partial charge in [0.1, 0.15) is 17.7 Å². The van der Waals surface area contributed by atoms with Crippen LogP contribution in [0.5, 0.6) is 5.75 Å². The van der Waals surface area contributed by atoms with Crippen LogP contribution in [-0.4, -0.2) is 15.8 Å². The number of rotatable bonds is 8. The van der Waals surface area contributed by atoms with E-state index in [1.54, 1.807) is 18.0 Å². The summed E-state index contributed by atoms with van der Waals surface area (Å²) in [7, 11) is 0. The van der Waals surface area contributed by atoms with Crippen LogP contribution in [0.1, 0.15) is 57.4 Å². The van der Waals surface area contributed by atoms with Gasteiger partial charge < -0.3 is 9.72 Å². The Hall–Kier alpha value is -3.31. The molecule has 0 radical (unpaired) electrons. The Balaban J connectivity index is 1.49. The van der Waals surface area contributed by atoms with Crippen molar-refractivity contribution in [2.24, 2.45) is 0 Å². The van der Waals surface area contributed by atoms with E-state index in [1.165, 1.54) is 10.5 Å². The molecule has 172 valence electrons. The fraction of sp³-hybridized carbons (Fsp3) is 0.241. The number of imidazole rings is 1. The number of hydrogen-bond donors (Lipinski definition) is 1. The molecular formula is C29H28N2O2S. The molecule has 1 aromatic heterocycles. The number of ether oxygens (including phenoxy) is 1. The molecule has 0 spiro atoms. The van der Waals surface area contributed by atoms with Crippen molar-refractivity contribution in [2.75, 3.05) is 0 Å². The number of thioether (sulfide) groups is 1. The molecule has 0 amide bonds. The third-order valence-corrected chi connectivity index (χ3v) is 7.34. The van der Waals surface area contributed by atoms with E-state index in [2.05, 4.69) is 53.3 Å². The van der Waals surface area contributed by atoms with Gasteiger partial charge in [-0.05, 0) is 55.2 Å². The summed E-state index contributed by atoms with van der Waals surface area (Å²) in [6, 6.07) is 22.8. The minimum Gasteiger partial charge on any atom is -0.485 e. The molecule has 1 N–H and O–H groups in total. The van der Waals surface area contributed by atoms with Gasteiger partial charge in [-0.3, -0.25) is 4.79 Å². The van der Waals surface area contributed by atoms with Gasteiger partial charge in [-0.25, -0.2) is 4.98 Å². The summed E-state index contributed by atoms with van der Waals surface area (Å²) in [5.41, 5.74) is 5.50. The summed E-state index contributed by atoms with van der Waals surface area (Å²) in [5, 5.41) is 0. The Kier molecular flexibility index (Phi) is 6.82. The third-order valence-electron chi connectivity index (χ3n) is 6.30. The van der Waals surface area contributed by atoms with Gasteiger partial charge in [-0.15, -0.1) is 11.8 Å². The summed E-state index contributed by atoms with van der Waals surface area (Å²) in [5.74, 6) is 2.74. The van der Waals surface area contributed by atoms with E-state index in [0.29, 0.717) is 12.8 Å². The lowest BCUT2D eigenvalue weighted by molar-refractivity contribution is 0.0972. The van der Waals surface area contributed by atoms with Gasteiger partial charge >= 0.3 is 0 Å². The van der Waals surface area contributed by atoms with Crippen LogP contribution in [0, 0.1) is 6.92 Å². The van der Waals surface area contributed by atoms with Crippen LogP contribution in [0.2, 0.25) is 0 Å². The maximum atomic E-state index is 12.7. The first-order valence-corrected chi connectivity index (χ1v) is 12.7. The highest BCUT2D eigenvalue weighted by atomic mass is 32.2. The van der Waals surface area contributed by atoms with Crippen molar-refractivity contribution < 1.29 is 9.53 Å². The molecule has 0 aliphatic heterocycles. The van der Waals surface area contributed by atoms with Gasteiger partial charge in [0.15, 0.2) is 5.78 Å². The second kappa shape index (κ2) is 10.3. The molecule has 0 unspecified atom stereocenters. The second-order valence-corrected chi connectivity index (χ2v) is 9.75. The van der Waals surface area contributed by atoms with Gasteiger partial charge in [-0.1, -0.05) is 48.0 Å². The second-order valence-electron chi connectivity index (χ2n) is 8.70. The van der Waals surface area contributed by atoms with E-state index in [0.717, 1.165) is 52.4 Å². The van der Waals surface area contributed by atoms with Crippen molar-refractivity contribution in [3.8, 4) is 5.75 Å². The molecule has 1 atom stereocenters. The number of nitrogens with zero attached hydrogens (tertiary/aromatic N) is 1. The first-order valence-electron chi connectivity index (χ1n) is 11.7. The fourth-order valence-corrected chi connectivity index (χ4v) is 5.43. The van der Waals surface area contributed by atoms with E-state index < -0.39 is 0 Å². The van der Waals surface area contributed by atoms with Crippen LogP contribution in [0.15, 0.2) is 84.0 Å². The first kappa shape index (κ1) is 22.5. The molecule has 0 fully saturated rings. The predicted octanol–water partition coefficient (Wildman–Crippen LogP) is 6.89. The Labute approximate surface area is 204 Å². The van der Waals surface area contributed by atoms with Crippen molar-refractivity contribution in [3.63, 3.8) is 0 Å². The van der Waals surface area contributed by atoms with Crippen LogP contribution in [0.3, 0.4) is 0 Å². The number of aromatic amines is 1. The zero-order chi connectivity index (χ0) is 23.3. The number of nitrogens with one attached hydrogen (secondary N) is 1. The molecule has 34 heavy (non-hydrogen) atoms. The zero-order valence-electron chi connectivity index (χ0n) is 19.3. The number of carbonyl (C=O) groups excluding carboxylic acids is 1. The number of aryl methyl sites for hydroxylation is 1. The van der Waals surface area contributed by atoms with Crippen LogP contribution >= 0.6 is 11.8 Å². The molecule has 5 rings (SSSR count). The van der Waals surface area contributed by atoms with Crippen molar-refractivity contribution in [1.29, 1.82) is 0 Å². The molecule has 0 saturated carbocycles. The average molecular weight is 469 g/mol. The van der Waals surface area contributed by atoms with E-state index in [9.17, 15) is 4.79 Å². The molecule has 1 aliphatic carbocycles. The van der Waals surface area contributed by atoms with Crippen molar-refractivity contribution in [2.45, 2.75) is 49.4 Å². The molecule has 0 bridgehead atoms. The molecule has 1 aliphatic rings. The average Bonchev–Trinajstić information content (AvgIpc) is 3.38. The van der Waals surface area contributed by atoms with Crippen LogP contribution in [-0.2, 0) is 18.6 Å². The lowest BCUT2D eigenvalue weighted by Crippen LogP contribution is -2.16. The van der Waals surface area contributed by atoms with E-state index in [1.807, 2.05) is 36.5 Å². The highest BCUT2D eigenvalue weighted by molar-refractivity contribution is 7.98. The van der Waals surface area contributed by atoms with E-state index >= 15 is 0 Å². The maximum Gasteiger partial charge on any atom is 0.163 e. The smallest absolute Gasteiger partial charge is 0.163 e. The Morgan fingerprint density at radius 1 is 1.03 bits per heavy atom. The normalized spacial score (nSPS) is 14.0. The zero-order valence-corrected chi connectivity index (χ0v) is 20.1. The Morgan fingerprint density at radius 3 is 2.62 bits per heavy atom. The number of ketones is 1. The number of benzene rings is 3. The SMILES string of the molecule is Cc1ccc(SCc2c(O[C@@H](Cc3ncc[nH]3)c3ccccc3)ccc3c2CCCC3=O)cc1. The minimum atomic E-state index is -0.187. The number of hydrogen-bond acceptors (Lipinski definition) is 4. The van der Waals surface area contributed by atoms with Gasteiger partial charge in [0, 0.05) is 47.0 Å². The first-order chi connectivity index (χ1) is 16.7. The van der Waals surface area contributed by atoms with Crippen LogP contribution in [0.25, 0.3) is 0 Å². The summed E-state index contributed by atoms with van der Waals surface area (Å²) >= 11 is 1.79. The summed E-state index contributed by atoms with van der Waals surface area (Å²) in [6.45, 7) is 2.10. The lowest BCUT2D eigenvalue weighted by atomic mass is 9.87. The lowest BCUT2D eigenvalue weighted by Gasteiger charge is -2.25. The third kappa shape index (κ3) is 5.10. The highest BCUT2D eigenvalue weighted by Gasteiger charge is 2.25. The molecule has 1 heterocycles. The minimum absolute atomic E-state index is 0.187. The number of Topliss-reactive ketones (excluding diaryl/α,β-unsaturated/α-hetero) is 1. The molecule has 4 nitrogen and oxygen atoms in total. The van der Waals surface area contributed by atoms with Gasteiger partial charge in [0.2, 0.25) is 0 Å². The van der Waals surface area contributed by atoms with E-state index in [-0.39, 0.29) is 11.9 Å².